The molecule has 0 saturated heterocycles. The predicted molar refractivity (Wildman–Crippen MR) is 138 cm³/mol. The Kier molecular flexibility index (Phi) is 13.7. The highest BCUT2D eigenvalue weighted by Gasteiger charge is 2.16. The highest BCUT2D eigenvalue weighted by molar-refractivity contribution is 4.70. The zero-order valence-corrected chi connectivity index (χ0v) is 21.3. The van der Waals surface area contributed by atoms with Crippen molar-refractivity contribution in [2.45, 2.75) is 154 Å². The minimum Gasteiger partial charge on any atom is -0.303 e. The van der Waals surface area contributed by atoms with Crippen LogP contribution in [0.15, 0.2) is 0 Å². The zero-order chi connectivity index (χ0) is 21.4. The highest BCUT2D eigenvalue weighted by Crippen LogP contribution is 2.30. The molecule has 3 aliphatic carbocycles. The molecule has 3 saturated carbocycles. The summed E-state index contributed by atoms with van der Waals surface area (Å²) in [6, 6.07) is 0. The van der Waals surface area contributed by atoms with E-state index in [1.807, 2.05) is 0 Å². The maximum atomic E-state index is 2.88. The molecule has 0 aromatic heterocycles. The van der Waals surface area contributed by atoms with Crippen LogP contribution in [0, 0.1) is 17.8 Å². The quantitative estimate of drug-likeness (QED) is 0.233. The maximum Gasteiger partial charge on any atom is -0.00187 e. The van der Waals surface area contributed by atoms with Gasteiger partial charge in [-0.2, -0.15) is 0 Å². The van der Waals surface area contributed by atoms with E-state index in [9.17, 15) is 0 Å². The van der Waals surface area contributed by atoms with Crippen LogP contribution in [0.3, 0.4) is 0 Å². The molecule has 3 fully saturated rings. The van der Waals surface area contributed by atoms with Crippen molar-refractivity contribution < 1.29 is 0 Å². The smallest absolute Gasteiger partial charge is 0.00187 e. The van der Waals surface area contributed by atoms with Gasteiger partial charge in [0.2, 0.25) is 0 Å². The van der Waals surface area contributed by atoms with Crippen molar-refractivity contribution >= 4 is 0 Å². The average Bonchev–Trinajstić information content (AvgIpc) is 2.83. The zero-order valence-electron chi connectivity index (χ0n) is 21.3. The summed E-state index contributed by atoms with van der Waals surface area (Å²) in [6.45, 7) is 4.17. The number of hydrogen-bond donors (Lipinski definition) is 0. The molecule has 0 aliphatic heterocycles. The minimum absolute atomic E-state index is 1.08. The lowest BCUT2D eigenvalue weighted by Gasteiger charge is -2.26. The van der Waals surface area contributed by atoms with Crippen molar-refractivity contribution in [3.8, 4) is 0 Å². The van der Waals surface area contributed by atoms with Gasteiger partial charge in [0.1, 0.15) is 0 Å². The monoisotopic (exact) mass is 431 g/mol. The van der Waals surface area contributed by atoms with E-state index in [0.717, 1.165) is 17.8 Å². The number of nitrogens with zero attached hydrogens (tertiary/aromatic N) is 1. The summed E-state index contributed by atoms with van der Waals surface area (Å²) in [4.78, 5) is 2.88. The van der Waals surface area contributed by atoms with E-state index in [-0.39, 0.29) is 0 Å². The second-order valence-electron chi connectivity index (χ2n) is 11.8. The molecular weight excluding hydrogens is 374 g/mol. The van der Waals surface area contributed by atoms with E-state index in [1.165, 1.54) is 174 Å². The van der Waals surface area contributed by atoms with Crippen LogP contribution in [0.1, 0.15) is 154 Å². The number of rotatable bonds is 15. The second-order valence-corrected chi connectivity index (χ2v) is 11.8. The molecule has 0 aromatic rings. The molecule has 0 amide bonds. The largest absolute Gasteiger partial charge is 0.303 e. The summed E-state index contributed by atoms with van der Waals surface area (Å²) < 4.78 is 0. The van der Waals surface area contributed by atoms with Gasteiger partial charge in [0.25, 0.3) is 0 Å². The van der Waals surface area contributed by atoms with Crippen molar-refractivity contribution in [3.05, 3.63) is 0 Å². The van der Waals surface area contributed by atoms with Crippen LogP contribution in [0.2, 0.25) is 0 Å². The molecule has 0 heterocycles. The molecule has 3 aliphatic rings. The van der Waals surface area contributed by atoms with E-state index in [0.29, 0.717) is 0 Å². The molecule has 0 aromatic carbocycles. The second kappa shape index (κ2) is 16.6. The van der Waals surface area contributed by atoms with Crippen LogP contribution < -0.4 is 0 Å². The van der Waals surface area contributed by atoms with Crippen molar-refractivity contribution in [2.75, 3.05) is 19.6 Å². The molecular formula is C30H57N. The number of hydrogen-bond acceptors (Lipinski definition) is 1. The first-order chi connectivity index (χ1) is 15.4. The summed E-state index contributed by atoms with van der Waals surface area (Å²) in [6.07, 6.45) is 36.2. The van der Waals surface area contributed by atoms with Gasteiger partial charge in [-0.25, -0.2) is 0 Å². The maximum absolute atomic E-state index is 2.88. The van der Waals surface area contributed by atoms with Crippen molar-refractivity contribution in [1.82, 2.24) is 4.90 Å². The Morgan fingerprint density at radius 2 is 0.645 bits per heavy atom. The Balaban J connectivity index is 1.27. The third kappa shape index (κ3) is 11.6. The molecule has 0 atom stereocenters. The summed E-state index contributed by atoms with van der Waals surface area (Å²) in [7, 11) is 0. The third-order valence-electron chi connectivity index (χ3n) is 9.18. The molecule has 0 unspecified atom stereocenters. The third-order valence-corrected chi connectivity index (χ3v) is 9.18. The summed E-state index contributed by atoms with van der Waals surface area (Å²) in [5.41, 5.74) is 0. The van der Waals surface area contributed by atoms with Gasteiger partial charge in [0.15, 0.2) is 0 Å². The van der Waals surface area contributed by atoms with E-state index in [4.69, 9.17) is 0 Å². The van der Waals surface area contributed by atoms with E-state index in [2.05, 4.69) is 4.90 Å². The van der Waals surface area contributed by atoms with Gasteiger partial charge < -0.3 is 4.90 Å². The van der Waals surface area contributed by atoms with E-state index < -0.39 is 0 Å². The summed E-state index contributed by atoms with van der Waals surface area (Å²) >= 11 is 0. The van der Waals surface area contributed by atoms with Crippen molar-refractivity contribution in [2.24, 2.45) is 17.8 Å². The lowest BCUT2D eigenvalue weighted by atomic mass is 9.85. The molecule has 1 nitrogen and oxygen atoms in total. The fraction of sp³-hybridized carbons (Fsp3) is 1.00. The van der Waals surface area contributed by atoms with E-state index >= 15 is 0 Å². The van der Waals surface area contributed by atoms with E-state index in [1.54, 1.807) is 0 Å². The molecule has 0 N–H and O–H groups in total. The van der Waals surface area contributed by atoms with Crippen LogP contribution in [0.25, 0.3) is 0 Å². The first-order valence-electron chi connectivity index (χ1n) is 15.1. The highest BCUT2D eigenvalue weighted by atomic mass is 15.1. The Bertz CT molecular complexity index is 339. The number of unbranched alkanes of at least 4 members (excludes halogenated alkanes) is 3. The van der Waals surface area contributed by atoms with Gasteiger partial charge in [0.05, 0.1) is 0 Å². The first-order valence-corrected chi connectivity index (χ1v) is 15.1. The van der Waals surface area contributed by atoms with Crippen LogP contribution >= 0.6 is 0 Å². The Hall–Kier alpha value is -0.0400. The van der Waals surface area contributed by atoms with Gasteiger partial charge in [-0.05, 0) is 56.7 Å². The first kappa shape index (κ1) is 25.6. The predicted octanol–water partition coefficient (Wildman–Crippen LogP) is 9.54. The van der Waals surface area contributed by atoms with Crippen LogP contribution in [0.4, 0.5) is 0 Å². The molecule has 0 radical (unpaired) electrons. The SMILES string of the molecule is C1CCC(CCCCN(CCCCC2CCCCC2)CCCCC2CCCCC2)CC1. The lowest BCUT2D eigenvalue weighted by Crippen LogP contribution is -2.27. The Morgan fingerprint density at radius 1 is 0.355 bits per heavy atom. The summed E-state index contributed by atoms with van der Waals surface area (Å²) in [5.74, 6) is 3.23. The molecule has 31 heavy (non-hydrogen) atoms. The van der Waals surface area contributed by atoms with Crippen LogP contribution in [-0.4, -0.2) is 24.5 Å². The Labute approximate surface area is 196 Å². The minimum atomic E-state index is 1.08. The van der Waals surface area contributed by atoms with Crippen molar-refractivity contribution in [1.29, 1.82) is 0 Å². The standard InChI is InChI=1S/C30H57N/c1-4-16-28(17-5-1)22-10-13-25-31(26-14-11-23-29-18-6-2-7-19-29)27-15-12-24-30-20-8-3-9-21-30/h28-30H,1-27H2. The lowest BCUT2D eigenvalue weighted by molar-refractivity contribution is 0.238. The fourth-order valence-corrected chi connectivity index (χ4v) is 7.07. The van der Waals surface area contributed by atoms with Crippen LogP contribution in [-0.2, 0) is 0 Å². The van der Waals surface area contributed by atoms with Crippen LogP contribution in [0.5, 0.6) is 0 Å². The van der Waals surface area contributed by atoms with Gasteiger partial charge in [-0.3, -0.25) is 0 Å². The molecule has 0 spiro atoms. The average molecular weight is 432 g/mol. The topological polar surface area (TPSA) is 3.24 Å². The summed E-state index contributed by atoms with van der Waals surface area (Å²) in [5, 5.41) is 0. The normalized spacial score (nSPS) is 22.4. The Morgan fingerprint density at radius 3 is 0.935 bits per heavy atom. The van der Waals surface area contributed by atoms with Gasteiger partial charge >= 0.3 is 0 Å². The van der Waals surface area contributed by atoms with Gasteiger partial charge in [0, 0.05) is 0 Å². The molecule has 182 valence electrons. The molecule has 3 rings (SSSR count). The molecule has 0 bridgehead atoms. The van der Waals surface area contributed by atoms with Gasteiger partial charge in [-0.15, -0.1) is 0 Å². The van der Waals surface area contributed by atoms with Gasteiger partial charge in [-0.1, -0.05) is 135 Å². The fourth-order valence-electron chi connectivity index (χ4n) is 7.07. The van der Waals surface area contributed by atoms with Crippen molar-refractivity contribution in [3.63, 3.8) is 0 Å². The molecule has 1 heteroatoms.